The highest BCUT2D eigenvalue weighted by atomic mass is 32.1. The van der Waals surface area contributed by atoms with Crippen LogP contribution in [0.1, 0.15) is 27.1 Å². The molecule has 1 N–H and O–H groups in total. The van der Waals surface area contributed by atoms with Gasteiger partial charge >= 0.3 is 0 Å². The van der Waals surface area contributed by atoms with E-state index in [2.05, 4.69) is 4.98 Å². The number of hydrogen-bond acceptors (Lipinski definition) is 3. The molecule has 130 valence electrons. The molecule has 25 heavy (non-hydrogen) atoms. The van der Waals surface area contributed by atoms with Crippen molar-refractivity contribution < 1.29 is 14.0 Å². The Balaban J connectivity index is 1.71. The highest BCUT2D eigenvalue weighted by Gasteiger charge is 2.25. The fourth-order valence-electron chi connectivity index (χ4n) is 2.89. The number of carbonyl (C=O) groups excluding carboxylic acids is 2. The summed E-state index contributed by atoms with van der Waals surface area (Å²) in [6.45, 7) is 1.77. The summed E-state index contributed by atoms with van der Waals surface area (Å²) in [5.41, 5.74) is 0.513. The van der Waals surface area contributed by atoms with Gasteiger partial charge in [0.05, 0.1) is 11.1 Å². The Bertz CT molecular complexity index is 852. The zero-order valence-corrected chi connectivity index (χ0v) is 14.4. The van der Waals surface area contributed by atoms with E-state index in [0.717, 1.165) is 0 Å². The minimum Gasteiger partial charge on any atom is -0.352 e. The maximum atomic E-state index is 13.8. The summed E-state index contributed by atoms with van der Waals surface area (Å²) in [4.78, 5) is 31.3. The molecule has 0 bridgehead atoms. The number of carbonyl (C=O) groups is 2. The molecule has 5 nitrogen and oxygen atoms in total. The van der Waals surface area contributed by atoms with Gasteiger partial charge in [0, 0.05) is 32.4 Å². The minimum atomic E-state index is -0.528. The fraction of sp³-hybridized carbons (Fsp3) is 0.278. The molecule has 1 fully saturated rings. The van der Waals surface area contributed by atoms with Gasteiger partial charge in [-0.1, -0.05) is 24.4 Å². The molecule has 2 aromatic rings. The number of aromatic amines is 1. The van der Waals surface area contributed by atoms with Crippen molar-refractivity contribution in [2.24, 2.45) is 0 Å². The standard InChI is InChI=1S/C18H18FN3O2S/c19-15-7-2-1-5-13(15)17(23)21-9-4-10-22(12-11-21)18(24)14-6-3-8-20-16(14)25/h1-3,5-8H,4,9-12H2,(H,20,25). The summed E-state index contributed by atoms with van der Waals surface area (Å²) in [6.07, 6.45) is 2.31. The topological polar surface area (TPSA) is 56.4 Å². The lowest BCUT2D eigenvalue weighted by atomic mass is 10.2. The second-order valence-electron chi connectivity index (χ2n) is 5.83. The largest absolute Gasteiger partial charge is 0.352 e. The third kappa shape index (κ3) is 3.76. The predicted octanol–water partition coefficient (Wildman–Crippen LogP) is 2.87. The van der Waals surface area contributed by atoms with Crippen molar-refractivity contribution in [3.8, 4) is 0 Å². The lowest BCUT2D eigenvalue weighted by molar-refractivity contribution is 0.0715. The van der Waals surface area contributed by atoms with Gasteiger partial charge in [-0.25, -0.2) is 4.39 Å². The van der Waals surface area contributed by atoms with Gasteiger partial charge < -0.3 is 14.8 Å². The number of nitrogens with zero attached hydrogens (tertiary/aromatic N) is 2. The van der Waals surface area contributed by atoms with Crippen molar-refractivity contribution in [2.45, 2.75) is 6.42 Å². The SMILES string of the molecule is O=C(c1ccccc1F)N1CCCN(C(=O)c2ccc[nH]c2=S)CC1. The van der Waals surface area contributed by atoms with E-state index in [1.165, 1.54) is 12.1 Å². The second kappa shape index (κ2) is 7.57. The van der Waals surface area contributed by atoms with Gasteiger partial charge in [0.15, 0.2) is 0 Å². The number of H-pyrrole nitrogens is 1. The van der Waals surface area contributed by atoms with Crippen molar-refractivity contribution in [2.75, 3.05) is 26.2 Å². The summed E-state index contributed by atoms with van der Waals surface area (Å²) >= 11 is 5.17. The third-order valence-corrected chi connectivity index (χ3v) is 4.56. The molecule has 1 aromatic carbocycles. The molecule has 0 unspecified atom stereocenters. The Kier molecular flexibility index (Phi) is 5.23. The van der Waals surface area contributed by atoms with Crippen LogP contribution in [0.25, 0.3) is 0 Å². The summed E-state index contributed by atoms with van der Waals surface area (Å²) in [7, 11) is 0. The van der Waals surface area contributed by atoms with Crippen LogP contribution in [0.3, 0.4) is 0 Å². The lowest BCUT2D eigenvalue weighted by Gasteiger charge is -2.22. The average molecular weight is 359 g/mol. The fourth-order valence-corrected chi connectivity index (χ4v) is 3.11. The van der Waals surface area contributed by atoms with E-state index in [1.807, 2.05) is 0 Å². The van der Waals surface area contributed by atoms with Crippen LogP contribution in [0.5, 0.6) is 0 Å². The lowest BCUT2D eigenvalue weighted by Crippen LogP contribution is -2.37. The highest BCUT2D eigenvalue weighted by molar-refractivity contribution is 7.71. The summed E-state index contributed by atoms with van der Waals surface area (Å²) < 4.78 is 14.2. The molecule has 1 aliphatic heterocycles. The Morgan fingerprint density at radius 3 is 2.16 bits per heavy atom. The van der Waals surface area contributed by atoms with E-state index in [1.54, 1.807) is 40.3 Å². The molecule has 1 saturated heterocycles. The molecule has 7 heteroatoms. The first-order chi connectivity index (χ1) is 12.1. The maximum absolute atomic E-state index is 13.8. The van der Waals surface area contributed by atoms with Crippen LogP contribution in [0.2, 0.25) is 0 Å². The van der Waals surface area contributed by atoms with Crippen molar-refractivity contribution in [3.05, 3.63) is 64.2 Å². The van der Waals surface area contributed by atoms with Crippen molar-refractivity contribution >= 4 is 24.0 Å². The number of hydrogen-bond donors (Lipinski definition) is 1. The van der Waals surface area contributed by atoms with Crippen LogP contribution in [-0.2, 0) is 0 Å². The van der Waals surface area contributed by atoms with E-state index >= 15 is 0 Å². The van der Waals surface area contributed by atoms with Gasteiger partial charge in [-0.15, -0.1) is 0 Å². The number of amides is 2. The Labute approximate surface area is 150 Å². The average Bonchev–Trinajstić information content (AvgIpc) is 2.87. The Morgan fingerprint density at radius 1 is 0.920 bits per heavy atom. The van der Waals surface area contributed by atoms with E-state index < -0.39 is 5.82 Å². The number of benzene rings is 1. The molecule has 0 spiro atoms. The number of aromatic nitrogens is 1. The molecule has 1 aromatic heterocycles. The van der Waals surface area contributed by atoms with Crippen molar-refractivity contribution in [1.29, 1.82) is 0 Å². The summed E-state index contributed by atoms with van der Waals surface area (Å²) in [5.74, 6) is -1.02. The predicted molar refractivity (Wildman–Crippen MR) is 94.5 cm³/mol. The number of nitrogens with one attached hydrogen (secondary N) is 1. The molecule has 0 radical (unpaired) electrons. The minimum absolute atomic E-state index is 0.0628. The van der Waals surface area contributed by atoms with Gasteiger partial charge in [-0.05, 0) is 30.7 Å². The van der Waals surface area contributed by atoms with Gasteiger partial charge in [0.2, 0.25) is 0 Å². The summed E-state index contributed by atoms with van der Waals surface area (Å²) in [5, 5.41) is 0. The molecule has 0 saturated carbocycles. The van der Waals surface area contributed by atoms with E-state index in [-0.39, 0.29) is 17.4 Å². The van der Waals surface area contributed by atoms with Crippen molar-refractivity contribution in [1.82, 2.24) is 14.8 Å². The van der Waals surface area contributed by atoms with E-state index in [9.17, 15) is 14.0 Å². The number of pyridine rings is 1. The molecular weight excluding hydrogens is 341 g/mol. The highest BCUT2D eigenvalue weighted by Crippen LogP contribution is 2.14. The molecule has 1 aliphatic rings. The number of halogens is 1. The van der Waals surface area contributed by atoms with Gasteiger partial charge in [0.1, 0.15) is 10.5 Å². The molecule has 0 atom stereocenters. The molecule has 2 heterocycles. The van der Waals surface area contributed by atoms with Gasteiger partial charge in [0.25, 0.3) is 11.8 Å². The first kappa shape index (κ1) is 17.3. The number of rotatable bonds is 2. The van der Waals surface area contributed by atoms with E-state index in [0.29, 0.717) is 42.8 Å². The molecule has 2 amide bonds. The monoisotopic (exact) mass is 359 g/mol. The van der Waals surface area contributed by atoms with E-state index in [4.69, 9.17) is 12.2 Å². The van der Waals surface area contributed by atoms with Crippen LogP contribution in [0, 0.1) is 10.5 Å². The molecular formula is C18H18FN3O2S. The quantitative estimate of drug-likeness (QED) is 0.839. The molecule has 0 aliphatic carbocycles. The molecule has 3 rings (SSSR count). The zero-order valence-electron chi connectivity index (χ0n) is 13.6. The van der Waals surface area contributed by atoms with Crippen molar-refractivity contribution in [3.63, 3.8) is 0 Å². The Morgan fingerprint density at radius 2 is 1.52 bits per heavy atom. The first-order valence-corrected chi connectivity index (χ1v) is 8.49. The zero-order chi connectivity index (χ0) is 17.8. The Hall–Kier alpha value is -2.54. The van der Waals surface area contributed by atoms with Crippen LogP contribution < -0.4 is 0 Å². The second-order valence-corrected chi connectivity index (χ2v) is 6.24. The van der Waals surface area contributed by atoms with Crippen LogP contribution in [-0.4, -0.2) is 52.8 Å². The smallest absolute Gasteiger partial charge is 0.256 e. The van der Waals surface area contributed by atoms with Crippen LogP contribution >= 0.6 is 12.2 Å². The maximum Gasteiger partial charge on any atom is 0.256 e. The van der Waals surface area contributed by atoms with Gasteiger partial charge in [-0.3, -0.25) is 9.59 Å². The first-order valence-electron chi connectivity index (χ1n) is 8.08. The van der Waals surface area contributed by atoms with Crippen LogP contribution in [0.15, 0.2) is 42.6 Å². The summed E-state index contributed by atoms with van der Waals surface area (Å²) in [6, 6.07) is 9.37. The third-order valence-electron chi connectivity index (χ3n) is 4.22. The van der Waals surface area contributed by atoms with Gasteiger partial charge in [-0.2, -0.15) is 0 Å². The van der Waals surface area contributed by atoms with Crippen LogP contribution in [0.4, 0.5) is 4.39 Å². The normalized spacial score (nSPS) is 14.9.